The third-order valence-corrected chi connectivity index (χ3v) is 3.34. The Labute approximate surface area is 112 Å². The maximum absolute atomic E-state index is 6.07. The van der Waals surface area contributed by atoms with Gasteiger partial charge in [0.2, 0.25) is 0 Å². The van der Waals surface area contributed by atoms with Crippen LogP contribution in [0, 0.1) is 5.92 Å². The van der Waals surface area contributed by atoms with Crippen molar-refractivity contribution in [2.24, 2.45) is 5.92 Å². The number of hydrogen-bond acceptors (Lipinski definition) is 1. The lowest BCUT2D eigenvalue weighted by Crippen LogP contribution is -2.28. The average Bonchev–Trinajstić information content (AvgIpc) is 2.25. The molecule has 90 valence electrons. The minimum Gasteiger partial charge on any atom is -0.371 e. The zero-order valence-corrected chi connectivity index (χ0v) is 12.5. The van der Waals surface area contributed by atoms with Crippen molar-refractivity contribution in [1.82, 2.24) is 0 Å². The molecule has 1 nitrogen and oxygen atoms in total. The Morgan fingerprint density at radius 2 is 2.06 bits per heavy atom. The molecule has 0 heterocycles. The summed E-state index contributed by atoms with van der Waals surface area (Å²) in [7, 11) is 0. The lowest BCUT2D eigenvalue weighted by atomic mass is 10.1. The van der Waals surface area contributed by atoms with Gasteiger partial charge in [0.15, 0.2) is 0 Å². The van der Waals surface area contributed by atoms with Crippen molar-refractivity contribution < 1.29 is 0 Å². The fourth-order valence-corrected chi connectivity index (χ4v) is 2.42. The number of alkyl halides is 1. The van der Waals surface area contributed by atoms with E-state index in [1.807, 2.05) is 6.07 Å². The van der Waals surface area contributed by atoms with Crippen molar-refractivity contribution in [1.29, 1.82) is 0 Å². The topological polar surface area (TPSA) is 3.24 Å². The van der Waals surface area contributed by atoms with Gasteiger partial charge in [-0.2, -0.15) is 0 Å². The van der Waals surface area contributed by atoms with E-state index >= 15 is 0 Å². The highest BCUT2D eigenvalue weighted by Gasteiger charge is 2.11. The molecular weight excluding hydrogens is 286 g/mol. The molecule has 0 unspecified atom stereocenters. The average molecular weight is 305 g/mol. The Kier molecular flexibility index (Phi) is 5.63. The normalized spacial score (nSPS) is 10.9. The van der Waals surface area contributed by atoms with Crippen LogP contribution in [0.5, 0.6) is 0 Å². The summed E-state index contributed by atoms with van der Waals surface area (Å²) >= 11 is 9.60. The highest BCUT2D eigenvalue weighted by Crippen LogP contribution is 2.27. The van der Waals surface area contributed by atoms with E-state index in [-0.39, 0.29) is 0 Å². The lowest BCUT2D eigenvalue weighted by molar-refractivity contribution is 0.618. The van der Waals surface area contributed by atoms with E-state index in [9.17, 15) is 0 Å². The Bertz CT molecular complexity index is 339. The van der Waals surface area contributed by atoms with Crippen LogP contribution in [-0.4, -0.2) is 13.1 Å². The highest BCUT2D eigenvalue weighted by atomic mass is 79.9. The molecule has 16 heavy (non-hydrogen) atoms. The molecule has 1 rings (SSSR count). The van der Waals surface area contributed by atoms with Gasteiger partial charge < -0.3 is 4.90 Å². The standard InChI is InChI=1S/C13H19BrClN/c1-4-16(9-10(2)3)13-7-12(15)6-5-11(13)8-14/h5-7,10H,4,8-9H2,1-3H3. The number of nitrogens with zero attached hydrogens (tertiary/aromatic N) is 1. The first-order valence-electron chi connectivity index (χ1n) is 5.67. The van der Waals surface area contributed by atoms with Crippen LogP contribution < -0.4 is 4.90 Å². The molecular formula is C13H19BrClN. The molecule has 0 aliphatic carbocycles. The molecule has 0 amide bonds. The molecule has 0 aromatic heterocycles. The summed E-state index contributed by atoms with van der Waals surface area (Å²) in [6.45, 7) is 8.73. The lowest BCUT2D eigenvalue weighted by Gasteiger charge is -2.27. The SMILES string of the molecule is CCN(CC(C)C)c1cc(Cl)ccc1CBr. The van der Waals surface area contributed by atoms with Gasteiger partial charge in [-0.05, 0) is 30.5 Å². The van der Waals surface area contributed by atoms with Crippen LogP contribution in [0.15, 0.2) is 18.2 Å². The van der Waals surface area contributed by atoms with Crippen molar-refractivity contribution in [3.63, 3.8) is 0 Å². The van der Waals surface area contributed by atoms with Gasteiger partial charge in [0.25, 0.3) is 0 Å². The Morgan fingerprint density at radius 3 is 2.56 bits per heavy atom. The second-order valence-electron chi connectivity index (χ2n) is 4.34. The number of rotatable bonds is 5. The number of halogens is 2. The van der Waals surface area contributed by atoms with Gasteiger partial charge >= 0.3 is 0 Å². The van der Waals surface area contributed by atoms with E-state index in [1.54, 1.807) is 0 Å². The Balaban J connectivity index is 3.02. The molecule has 0 N–H and O–H groups in total. The third kappa shape index (κ3) is 3.67. The van der Waals surface area contributed by atoms with E-state index < -0.39 is 0 Å². The fraction of sp³-hybridized carbons (Fsp3) is 0.538. The van der Waals surface area contributed by atoms with Crippen LogP contribution in [0.3, 0.4) is 0 Å². The van der Waals surface area contributed by atoms with Crippen LogP contribution in [0.1, 0.15) is 26.3 Å². The summed E-state index contributed by atoms with van der Waals surface area (Å²) < 4.78 is 0. The molecule has 1 aromatic rings. The van der Waals surface area contributed by atoms with Crippen molar-refractivity contribution in [3.8, 4) is 0 Å². The largest absolute Gasteiger partial charge is 0.371 e. The third-order valence-electron chi connectivity index (χ3n) is 2.50. The summed E-state index contributed by atoms with van der Waals surface area (Å²) in [5.74, 6) is 0.655. The maximum Gasteiger partial charge on any atom is 0.0426 e. The summed E-state index contributed by atoms with van der Waals surface area (Å²) in [6, 6.07) is 6.10. The first kappa shape index (κ1) is 13.9. The second-order valence-corrected chi connectivity index (χ2v) is 5.34. The van der Waals surface area contributed by atoms with Crippen molar-refractivity contribution >= 4 is 33.2 Å². The summed E-state index contributed by atoms with van der Waals surface area (Å²) in [5, 5.41) is 1.68. The maximum atomic E-state index is 6.07. The minimum atomic E-state index is 0.655. The monoisotopic (exact) mass is 303 g/mol. The van der Waals surface area contributed by atoms with Gasteiger partial charge in [0, 0.05) is 29.1 Å². The molecule has 0 atom stereocenters. The Hall–Kier alpha value is -0.210. The van der Waals surface area contributed by atoms with Crippen LogP contribution >= 0.6 is 27.5 Å². The predicted molar refractivity (Wildman–Crippen MR) is 76.8 cm³/mol. The molecule has 0 aliphatic rings. The van der Waals surface area contributed by atoms with Gasteiger partial charge in [0.05, 0.1) is 0 Å². The van der Waals surface area contributed by atoms with E-state index in [1.165, 1.54) is 11.3 Å². The molecule has 0 aliphatic heterocycles. The van der Waals surface area contributed by atoms with Crippen molar-refractivity contribution in [2.45, 2.75) is 26.1 Å². The molecule has 0 bridgehead atoms. The number of anilines is 1. The van der Waals surface area contributed by atoms with Gasteiger partial charge in [-0.3, -0.25) is 0 Å². The molecule has 0 spiro atoms. The Morgan fingerprint density at radius 1 is 1.38 bits per heavy atom. The smallest absolute Gasteiger partial charge is 0.0426 e. The predicted octanol–water partition coefficient (Wildman–Crippen LogP) is 4.72. The summed E-state index contributed by atoms with van der Waals surface area (Å²) in [6.07, 6.45) is 0. The van der Waals surface area contributed by atoms with E-state index in [2.05, 4.69) is 53.7 Å². The van der Waals surface area contributed by atoms with E-state index in [0.717, 1.165) is 23.4 Å². The zero-order chi connectivity index (χ0) is 12.1. The van der Waals surface area contributed by atoms with Crippen LogP contribution in [0.2, 0.25) is 5.02 Å². The molecule has 1 aromatic carbocycles. The second kappa shape index (κ2) is 6.51. The molecule has 0 fully saturated rings. The van der Waals surface area contributed by atoms with Crippen LogP contribution in [0.4, 0.5) is 5.69 Å². The van der Waals surface area contributed by atoms with Crippen LogP contribution in [-0.2, 0) is 5.33 Å². The van der Waals surface area contributed by atoms with Gasteiger partial charge in [-0.15, -0.1) is 0 Å². The van der Waals surface area contributed by atoms with Crippen molar-refractivity contribution in [3.05, 3.63) is 28.8 Å². The van der Waals surface area contributed by atoms with Gasteiger partial charge in [-0.1, -0.05) is 47.4 Å². The van der Waals surface area contributed by atoms with Gasteiger partial charge in [-0.25, -0.2) is 0 Å². The van der Waals surface area contributed by atoms with E-state index in [4.69, 9.17) is 11.6 Å². The summed E-state index contributed by atoms with van der Waals surface area (Å²) in [5.41, 5.74) is 2.55. The molecule has 3 heteroatoms. The zero-order valence-electron chi connectivity index (χ0n) is 10.1. The first-order valence-corrected chi connectivity index (χ1v) is 7.17. The van der Waals surface area contributed by atoms with Crippen LogP contribution in [0.25, 0.3) is 0 Å². The molecule has 0 saturated carbocycles. The number of hydrogen-bond donors (Lipinski definition) is 0. The quantitative estimate of drug-likeness (QED) is 0.712. The summed E-state index contributed by atoms with van der Waals surface area (Å²) in [4.78, 5) is 2.38. The highest BCUT2D eigenvalue weighted by molar-refractivity contribution is 9.08. The number of benzene rings is 1. The van der Waals surface area contributed by atoms with E-state index in [0.29, 0.717) is 5.92 Å². The van der Waals surface area contributed by atoms with Gasteiger partial charge in [0.1, 0.15) is 0 Å². The minimum absolute atomic E-state index is 0.655. The van der Waals surface area contributed by atoms with Crippen molar-refractivity contribution in [2.75, 3.05) is 18.0 Å². The molecule has 0 radical (unpaired) electrons. The fourth-order valence-electron chi connectivity index (χ4n) is 1.78. The molecule has 0 saturated heterocycles. The first-order chi connectivity index (χ1) is 7.58.